The fourth-order valence-electron chi connectivity index (χ4n) is 3.26. The molecule has 0 amide bonds. The summed E-state index contributed by atoms with van der Waals surface area (Å²) in [7, 11) is 0. The van der Waals surface area contributed by atoms with Gasteiger partial charge in [0.25, 0.3) is 5.56 Å². The number of nitrogens with zero attached hydrogens (tertiary/aromatic N) is 1. The van der Waals surface area contributed by atoms with Crippen molar-refractivity contribution in [3.8, 4) is 0 Å². The number of rotatable bonds is 5. The van der Waals surface area contributed by atoms with E-state index in [1.165, 1.54) is 16.8 Å². The minimum Gasteiger partial charge on any atom is -0.390 e. The molecule has 1 heterocycles. The summed E-state index contributed by atoms with van der Waals surface area (Å²) < 4.78 is 1.28. The summed E-state index contributed by atoms with van der Waals surface area (Å²) in [6, 6.07) is 10.6. The molecule has 7 nitrogen and oxygen atoms in total. The second-order valence-electron chi connectivity index (χ2n) is 6.18. The highest BCUT2D eigenvalue weighted by Gasteiger charge is 2.42. The van der Waals surface area contributed by atoms with Gasteiger partial charge in [-0.05, 0) is 12.0 Å². The topological polar surface area (TPSA) is 107 Å². The van der Waals surface area contributed by atoms with E-state index in [2.05, 4.69) is 10.3 Å². The number of H-pyrrole nitrogens is 1. The monoisotopic (exact) mass is 331 g/mol. The Kier molecular flexibility index (Phi) is 4.94. The Hall–Kier alpha value is -2.22. The first kappa shape index (κ1) is 16.6. The molecule has 128 valence electrons. The van der Waals surface area contributed by atoms with Crippen LogP contribution in [0.3, 0.4) is 0 Å². The second kappa shape index (κ2) is 7.12. The van der Waals surface area contributed by atoms with Gasteiger partial charge in [-0.15, -0.1) is 0 Å². The van der Waals surface area contributed by atoms with Crippen LogP contribution in [-0.4, -0.2) is 38.5 Å². The van der Waals surface area contributed by atoms with Gasteiger partial charge in [-0.25, -0.2) is 4.79 Å². The minimum absolute atomic E-state index is 0.174. The van der Waals surface area contributed by atoms with Crippen molar-refractivity contribution < 1.29 is 10.2 Å². The van der Waals surface area contributed by atoms with Crippen LogP contribution in [0.4, 0.5) is 0 Å². The van der Waals surface area contributed by atoms with Crippen molar-refractivity contribution in [2.24, 2.45) is 5.92 Å². The average molecular weight is 331 g/mol. The number of hydrogen-bond acceptors (Lipinski definition) is 5. The molecule has 0 radical (unpaired) electrons. The van der Waals surface area contributed by atoms with Crippen molar-refractivity contribution in [2.45, 2.75) is 31.2 Å². The summed E-state index contributed by atoms with van der Waals surface area (Å²) in [4.78, 5) is 25.2. The van der Waals surface area contributed by atoms with Crippen LogP contribution in [0.25, 0.3) is 0 Å². The molecule has 1 aromatic carbocycles. The molecule has 1 fully saturated rings. The maximum atomic E-state index is 11.9. The highest BCUT2D eigenvalue weighted by Crippen LogP contribution is 2.34. The predicted octanol–water partition coefficient (Wildman–Crippen LogP) is -0.391. The Morgan fingerprint density at radius 3 is 2.58 bits per heavy atom. The molecule has 0 bridgehead atoms. The van der Waals surface area contributed by atoms with Crippen molar-refractivity contribution in [3.05, 3.63) is 69.0 Å². The van der Waals surface area contributed by atoms with Gasteiger partial charge in [0.1, 0.15) is 6.10 Å². The van der Waals surface area contributed by atoms with Crippen LogP contribution >= 0.6 is 0 Å². The quantitative estimate of drug-likeness (QED) is 0.597. The normalized spacial score (nSPS) is 26.6. The molecular weight excluding hydrogens is 310 g/mol. The minimum atomic E-state index is -1.04. The summed E-state index contributed by atoms with van der Waals surface area (Å²) in [6.07, 6.45) is -0.147. The standard InChI is InChI=1S/C17H21N3O4/c21-14-6-7-20(17(24)19-14)13-8-12(15(22)16(13)23)10-18-9-11-4-2-1-3-5-11/h1-7,12-13,15-16,18,22-23H,8-10H2,(H,19,21,24)/t12-,13-,15+,16-/m0/s1. The molecule has 0 aliphatic heterocycles. The van der Waals surface area contributed by atoms with Gasteiger partial charge in [0.15, 0.2) is 0 Å². The lowest BCUT2D eigenvalue weighted by Crippen LogP contribution is -2.37. The van der Waals surface area contributed by atoms with Crippen molar-refractivity contribution in [2.75, 3.05) is 6.54 Å². The smallest absolute Gasteiger partial charge is 0.328 e. The van der Waals surface area contributed by atoms with Crippen molar-refractivity contribution >= 4 is 0 Å². The molecule has 0 spiro atoms. The third kappa shape index (κ3) is 3.48. The molecule has 1 aliphatic carbocycles. The number of nitrogens with one attached hydrogen (secondary N) is 2. The van der Waals surface area contributed by atoms with Gasteiger partial charge in [-0.1, -0.05) is 30.3 Å². The summed E-state index contributed by atoms with van der Waals surface area (Å²) in [5.74, 6) is -0.174. The van der Waals surface area contributed by atoms with E-state index in [4.69, 9.17) is 0 Å². The molecule has 1 aliphatic rings. The molecule has 4 N–H and O–H groups in total. The van der Waals surface area contributed by atoms with Crippen LogP contribution in [0, 0.1) is 5.92 Å². The summed E-state index contributed by atoms with van der Waals surface area (Å²) >= 11 is 0. The van der Waals surface area contributed by atoms with E-state index in [1.54, 1.807) is 0 Å². The van der Waals surface area contributed by atoms with Gasteiger partial charge < -0.3 is 15.5 Å². The third-order valence-electron chi connectivity index (χ3n) is 4.56. The van der Waals surface area contributed by atoms with Gasteiger partial charge in [0, 0.05) is 31.3 Å². The second-order valence-corrected chi connectivity index (χ2v) is 6.18. The zero-order valence-electron chi connectivity index (χ0n) is 13.1. The Labute approximate surface area is 138 Å². The number of benzene rings is 1. The summed E-state index contributed by atoms with van der Waals surface area (Å²) in [6.45, 7) is 1.20. The molecule has 3 rings (SSSR count). The van der Waals surface area contributed by atoms with Gasteiger partial charge in [-0.2, -0.15) is 0 Å². The van der Waals surface area contributed by atoms with E-state index in [0.29, 0.717) is 19.5 Å². The highest BCUT2D eigenvalue weighted by molar-refractivity contribution is 5.14. The van der Waals surface area contributed by atoms with Crippen LogP contribution in [0.5, 0.6) is 0 Å². The van der Waals surface area contributed by atoms with Crippen LogP contribution < -0.4 is 16.6 Å². The lowest BCUT2D eigenvalue weighted by molar-refractivity contribution is 0.00568. The first-order valence-corrected chi connectivity index (χ1v) is 7.98. The number of aromatic amines is 1. The molecular formula is C17H21N3O4. The van der Waals surface area contributed by atoms with Gasteiger partial charge >= 0.3 is 5.69 Å². The lowest BCUT2D eigenvalue weighted by Gasteiger charge is -2.18. The summed E-state index contributed by atoms with van der Waals surface area (Å²) in [5.41, 5.74) is 0.0842. The maximum absolute atomic E-state index is 11.9. The van der Waals surface area contributed by atoms with Gasteiger partial charge in [0.05, 0.1) is 12.1 Å². The zero-order chi connectivity index (χ0) is 17.1. The Bertz CT molecular complexity index is 786. The van der Waals surface area contributed by atoms with E-state index in [9.17, 15) is 19.8 Å². The first-order chi connectivity index (χ1) is 11.6. The lowest BCUT2D eigenvalue weighted by atomic mass is 10.1. The Morgan fingerprint density at radius 2 is 1.88 bits per heavy atom. The SMILES string of the molecule is O=c1ccn([C@H]2C[C@@H](CNCc3ccccc3)[C@@H](O)[C@H]2O)c(=O)[nH]1. The highest BCUT2D eigenvalue weighted by atomic mass is 16.3. The summed E-state index contributed by atoms with van der Waals surface area (Å²) in [5, 5.41) is 23.8. The third-order valence-corrected chi connectivity index (χ3v) is 4.56. The van der Waals surface area contributed by atoms with E-state index in [-0.39, 0.29) is 5.92 Å². The number of aromatic nitrogens is 2. The van der Waals surface area contributed by atoms with Gasteiger partial charge in [0.2, 0.25) is 0 Å². The van der Waals surface area contributed by atoms with Crippen molar-refractivity contribution in [3.63, 3.8) is 0 Å². The number of aliphatic hydroxyl groups excluding tert-OH is 2. The van der Waals surface area contributed by atoms with Crippen LogP contribution in [-0.2, 0) is 6.54 Å². The fourth-order valence-corrected chi connectivity index (χ4v) is 3.26. The maximum Gasteiger partial charge on any atom is 0.328 e. The molecule has 0 unspecified atom stereocenters. The molecule has 7 heteroatoms. The molecule has 0 saturated heterocycles. The molecule has 1 saturated carbocycles. The Morgan fingerprint density at radius 1 is 1.12 bits per heavy atom. The number of hydrogen-bond donors (Lipinski definition) is 4. The molecule has 4 atom stereocenters. The predicted molar refractivity (Wildman–Crippen MR) is 88.6 cm³/mol. The van der Waals surface area contributed by atoms with E-state index in [1.807, 2.05) is 30.3 Å². The average Bonchev–Trinajstić information content (AvgIpc) is 2.84. The molecule has 2 aromatic rings. The van der Waals surface area contributed by atoms with Crippen LogP contribution in [0.1, 0.15) is 18.0 Å². The van der Waals surface area contributed by atoms with Gasteiger partial charge in [-0.3, -0.25) is 14.3 Å². The largest absolute Gasteiger partial charge is 0.390 e. The number of aliphatic hydroxyl groups is 2. The molecule has 1 aromatic heterocycles. The first-order valence-electron chi connectivity index (χ1n) is 7.98. The Balaban J connectivity index is 1.64. The fraction of sp³-hybridized carbons (Fsp3) is 0.412. The van der Waals surface area contributed by atoms with Crippen LogP contribution in [0.15, 0.2) is 52.2 Å². The van der Waals surface area contributed by atoms with E-state index >= 15 is 0 Å². The molecule has 24 heavy (non-hydrogen) atoms. The van der Waals surface area contributed by atoms with Crippen molar-refractivity contribution in [1.29, 1.82) is 0 Å². The zero-order valence-corrected chi connectivity index (χ0v) is 13.1. The van der Waals surface area contributed by atoms with Crippen molar-refractivity contribution in [1.82, 2.24) is 14.9 Å². The van der Waals surface area contributed by atoms with E-state index < -0.39 is 29.5 Å². The van der Waals surface area contributed by atoms with E-state index in [0.717, 1.165) is 5.56 Å². The van der Waals surface area contributed by atoms with Crippen LogP contribution in [0.2, 0.25) is 0 Å².